The molecule has 4 rings (SSSR count). The van der Waals surface area contributed by atoms with E-state index in [9.17, 15) is 13.2 Å². The lowest BCUT2D eigenvalue weighted by atomic mass is 9.99. The lowest BCUT2D eigenvalue weighted by molar-refractivity contribution is -0.274. The zero-order chi connectivity index (χ0) is 28.0. The fourth-order valence-corrected chi connectivity index (χ4v) is 4.30. The molecule has 0 aliphatic carbocycles. The van der Waals surface area contributed by atoms with Crippen molar-refractivity contribution in [3.05, 3.63) is 89.7 Å². The largest absolute Gasteiger partial charge is 0.573 e. The minimum atomic E-state index is -4.73. The number of thiocarbonyl (C=S) groups is 1. The number of nitrogens with one attached hydrogen (secondary N) is 2. The molecule has 0 saturated carbocycles. The summed E-state index contributed by atoms with van der Waals surface area (Å²) in [5, 5.41) is 11.7. The molecular weight excluding hydrogens is 523 g/mol. The monoisotopic (exact) mass is 553 g/mol. The lowest BCUT2D eigenvalue weighted by Crippen LogP contribution is -2.30. The van der Waals surface area contributed by atoms with E-state index in [-0.39, 0.29) is 5.75 Å². The summed E-state index contributed by atoms with van der Waals surface area (Å²) in [6, 6.07) is 19.8. The molecule has 0 aliphatic heterocycles. The Morgan fingerprint density at radius 2 is 1.74 bits per heavy atom. The second kappa shape index (κ2) is 12.3. The average Bonchev–Trinajstić information content (AvgIpc) is 3.37. The second-order valence-corrected chi connectivity index (χ2v) is 9.89. The molecule has 1 aromatic heterocycles. The van der Waals surface area contributed by atoms with Gasteiger partial charge in [0.15, 0.2) is 10.9 Å². The summed E-state index contributed by atoms with van der Waals surface area (Å²) < 4.78 is 42.5. The Morgan fingerprint density at radius 1 is 1.03 bits per heavy atom. The maximum atomic E-state index is 12.4. The summed E-state index contributed by atoms with van der Waals surface area (Å²) in [5.41, 5.74) is 6.06. The van der Waals surface area contributed by atoms with Crippen LogP contribution < -0.4 is 15.4 Å². The first-order chi connectivity index (χ1) is 18.6. The number of aromatic nitrogens is 3. The fourth-order valence-electron chi connectivity index (χ4n) is 4.08. The van der Waals surface area contributed by atoms with Crippen molar-refractivity contribution in [3.8, 4) is 22.8 Å². The highest BCUT2D eigenvalue weighted by Gasteiger charge is 2.31. The topological polar surface area (TPSA) is 64.0 Å². The first-order valence-electron chi connectivity index (χ1n) is 12.6. The van der Waals surface area contributed by atoms with Crippen molar-refractivity contribution in [2.45, 2.75) is 45.9 Å². The number of ether oxygens (including phenoxy) is 1. The molecule has 0 bridgehead atoms. The van der Waals surface area contributed by atoms with Gasteiger partial charge in [-0.15, -0.1) is 18.3 Å². The van der Waals surface area contributed by atoms with Crippen LogP contribution in [0.3, 0.4) is 0 Å². The number of alkyl halides is 3. The highest BCUT2D eigenvalue weighted by Crippen LogP contribution is 2.26. The maximum Gasteiger partial charge on any atom is 0.573 e. The second-order valence-electron chi connectivity index (χ2n) is 9.48. The molecule has 0 fully saturated rings. The molecule has 39 heavy (non-hydrogen) atoms. The van der Waals surface area contributed by atoms with Gasteiger partial charge in [-0.2, -0.15) is 0 Å². The SMILES string of the molecule is Cc1ccc(C(C)C)c(NC(=S)NCCCc2ccc(-c3ncn(-c4ccc(OC(F)(F)F)cc4)n3)cc2)c1. The van der Waals surface area contributed by atoms with Crippen LogP contribution in [0.1, 0.15) is 42.9 Å². The zero-order valence-electron chi connectivity index (χ0n) is 21.9. The van der Waals surface area contributed by atoms with Gasteiger partial charge < -0.3 is 15.4 Å². The van der Waals surface area contributed by atoms with E-state index in [1.807, 2.05) is 24.3 Å². The molecule has 0 saturated heterocycles. The van der Waals surface area contributed by atoms with Crippen molar-refractivity contribution in [1.82, 2.24) is 20.1 Å². The number of benzene rings is 3. The van der Waals surface area contributed by atoms with Crippen molar-refractivity contribution < 1.29 is 17.9 Å². The summed E-state index contributed by atoms with van der Waals surface area (Å²) in [5.74, 6) is 0.630. The number of aryl methyl sites for hydroxylation is 2. The van der Waals surface area contributed by atoms with E-state index in [4.69, 9.17) is 12.2 Å². The lowest BCUT2D eigenvalue weighted by Gasteiger charge is -2.17. The molecule has 0 atom stereocenters. The number of rotatable bonds is 9. The van der Waals surface area contributed by atoms with Gasteiger partial charge in [-0.25, -0.2) is 9.67 Å². The third kappa shape index (κ3) is 8.03. The van der Waals surface area contributed by atoms with Crippen LogP contribution in [-0.4, -0.2) is 32.8 Å². The van der Waals surface area contributed by atoms with Gasteiger partial charge in [0.2, 0.25) is 0 Å². The highest BCUT2D eigenvalue weighted by atomic mass is 32.1. The van der Waals surface area contributed by atoms with Gasteiger partial charge in [0, 0.05) is 17.8 Å². The van der Waals surface area contributed by atoms with Gasteiger partial charge in [-0.3, -0.25) is 0 Å². The van der Waals surface area contributed by atoms with Gasteiger partial charge in [0.1, 0.15) is 12.1 Å². The predicted molar refractivity (Wildman–Crippen MR) is 151 cm³/mol. The highest BCUT2D eigenvalue weighted by molar-refractivity contribution is 7.80. The molecule has 0 unspecified atom stereocenters. The van der Waals surface area contributed by atoms with Crippen LogP contribution in [0.4, 0.5) is 18.9 Å². The molecular formula is C29H30F3N5OS. The Balaban J connectivity index is 1.26. The first kappa shape index (κ1) is 28.1. The standard InChI is InChI=1S/C29H30F3N5OS/c1-19(2)25-15-6-20(3)17-26(25)35-28(39)33-16-4-5-21-7-9-22(10-8-21)27-34-18-37(36-27)23-11-13-24(14-12-23)38-29(30,31)32/h6-15,17-19H,4-5,16H2,1-3H3,(H2,33,35,39). The van der Waals surface area contributed by atoms with Crippen molar-refractivity contribution in [1.29, 1.82) is 0 Å². The molecule has 10 heteroatoms. The van der Waals surface area contributed by atoms with Gasteiger partial charge in [0.25, 0.3) is 0 Å². The normalized spacial score (nSPS) is 11.5. The van der Waals surface area contributed by atoms with Gasteiger partial charge in [0.05, 0.1) is 5.69 Å². The van der Waals surface area contributed by atoms with E-state index < -0.39 is 6.36 Å². The minimum Gasteiger partial charge on any atom is -0.406 e. The molecule has 0 spiro atoms. The van der Waals surface area contributed by atoms with Gasteiger partial charge in [-0.05, 0) is 84.9 Å². The smallest absolute Gasteiger partial charge is 0.406 e. The third-order valence-corrected chi connectivity index (χ3v) is 6.29. The molecule has 0 aliphatic rings. The Morgan fingerprint density at radius 3 is 2.41 bits per heavy atom. The first-order valence-corrected chi connectivity index (χ1v) is 13.0. The van der Waals surface area contributed by atoms with Crippen molar-refractivity contribution in [3.63, 3.8) is 0 Å². The summed E-state index contributed by atoms with van der Waals surface area (Å²) in [4.78, 5) is 4.34. The molecule has 1 heterocycles. The fraction of sp³-hybridized carbons (Fsp3) is 0.276. The van der Waals surface area contributed by atoms with Crippen LogP contribution in [0.2, 0.25) is 0 Å². The Labute approximate surface area is 231 Å². The molecule has 204 valence electrons. The minimum absolute atomic E-state index is 0.290. The van der Waals surface area contributed by atoms with Crippen LogP contribution >= 0.6 is 12.2 Å². The van der Waals surface area contributed by atoms with Crippen LogP contribution in [-0.2, 0) is 6.42 Å². The Bertz CT molecular complexity index is 1400. The van der Waals surface area contributed by atoms with E-state index >= 15 is 0 Å². The van der Waals surface area contributed by atoms with E-state index in [1.54, 1.807) is 0 Å². The van der Waals surface area contributed by atoms with E-state index in [2.05, 4.69) is 64.4 Å². The molecule has 4 aromatic rings. The molecule has 6 nitrogen and oxygen atoms in total. The molecule has 0 amide bonds. The number of hydrogen-bond acceptors (Lipinski definition) is 4. The number of hydrogen-bond donors (Lipinski definition) is 2. The molecule has 3 aromatic carbocycles. The molecule has 0 radical (unpaired) electrons. The summed E-state index contributed by atoms with van der Waals surface area (Å²) in [6.07, 6.45) is -1.42. The number of halogens is 3. The van der Waals surface area contributed by atoms with Gasteiger partial charge in [-0.1, -0.05) is 50.2 Å². The van der Waals surface area contributed by atoms with E-state index in [0.717, 1.165) is 30.6 Å². The Hall–Kier alpha value is -3.92. The van der Waals surface area contributed by atoms with Gasteiger partial charge >= 0.3 is 6.36 Å². The molecule has 2 N–H and O–H groups in total. The zero-order valence-corrected chi connectivity index (χ0v) is 22.7. The third-order valence-electron chi connectivity index (χ3n) is 6.05. The summed E-state index contributed by atoms with van der Waals surface area (Å²) in [7, 11) is 0. The maximum absolute atomic E-state index is 12.4. The van der Waals surface area contributed by atoms with Crippen LogP contribution in [0, 0.1) is 6.92 Å². The van der Waals surface area contributed by atoms with Crippen LogP contribution in [0.15, 0.2) is 73.1 Å². The van der Waals surface area contributed by atoms with Crippen molar-refractivity contribution in [2.75, 3.05) is 11.9 Å². The Kier molecular flexibility index (Phi) is 8.86. The van der Waals surface area contributed by atoms with E-state index in [1.165, 1.54) is 52.0 Å². The summed E-state index contributed by atoms with van der Waals surface area (Å²) >= 11 is 5.50. The predicted octanol–water partition coefficient (Wildman–Crippen LogP) is 7.18. The van der Waals surface area contributed by atoms with Crippen LogP contribution in [0.25, 0.3) is 17.1 Å². The number of anilines is 1. The van der Waals surface area contributed by atoms with Crippen molar-refractivity contribution in [2.24, 2.45) is 0 Å². The van der Waals surface area contributed by atoms with Crippen molar-refractivity contribution >= 4 is 23.0 Å². The number of nitrogens with zero attached hydrogens (tertiary/aromatic N) is 3. The summed E-state index contributed by atoms with van der Waals surface area (Å²) in [6.45, 7) is 7.14. The quantitative estimate of drug-likeness (QED) is 0.169. The average molecular weight is 554 g/mol. The van der Waals surface area contributed by atoms with Crippen LogP contribution in [0.5, 0.6) is 5.75 Å². The van der Waals surface area contributed by atoms with E-state index in [0.29, 0.717) is 22.5 Å².